The van der Waals surface area contributed by atoms with Crippen molar-refractivity contribution in [3.63, 3.8) is 0 Å². The minimum absolute atomic E-state index is 0.332. The van der Waals surface area contributed by atoms with Crippen molar-refractivity contribution in [2.24, 2.45) is 16.8 Å². The van der Waals surface area contributed by atoms with Gasteiger partial charge in [0.1, 0.15) is 5.82 Å². The Hall–Kier alpha value is -2.29. The molecule has 2 fully saturated rings. The van der Waals surface area contributed by atoms with Gasteiger partial charge in [0.15, 0.2) is 6.19 Å². The lowest BCUT2D eigenvalue weighted by Gasteiger charge is -2.19. The van der Waals surface area contributed by atoms with Gasteiger partial charge in [0.25, 0.3) is 0 Å². The number of nitrogens with two attached hydrogens (primary N) is 1. The average molecular weight is 270 g/mol. The molecule has 3 atom stereocenters. The van der Waals surface area contributed by atoms with E-state index in [2.05, 4.69) is 20.6 Å². The molecule has 2 bridgehead atoms. The van der Waals surface area contributed by atoms with Gasteiger partial charge in [0.05, 0.1) is 17.9 Å². The van der Waals surface area contributed by atoms with E-state index in [4.69, 9.17) is 11.0 Å². The average Bonchev–Trinajstić information content (AvgIpc) is 3.04. The van der Waals surface area contributed by atoms with Crippen LogP contribution < -0.4 is 16.4 Å². The van der Waals surface area contributed by atoms with E-state index in [1.807, 2.05) is 12.3 Å². The molecular formula is C14H18N6. The number of aliphatic imine (C=N–C) groups is 1. The van der Waals surface area contributed by atoms with E-state index >= 15 is 0 Å². The van der Waals surface area contributed by atoms with Crippen molar-refractivity contribution in [1.82, 2.24) is 10.3 Å². The van der Waals surface area contributed by atoms with Crippen molar-refractivity contribution < 1.29 is 0 Å². The molecule has 2 saturated carbocycles. The van der Waals surface area contributed by atoms with Crippen LogP contribution in [0.3, 0.4) is 0 Å². The fourth-order valence-corrected chi connectivity index (χ4v) is 3.30. The zero-order chi connectivity index (χ0) is 13.9. The first-order chi connectivity index (χ1) is 9.74. The van der Waals surface area contributed by atoms with Crippen LogP contribution in [-0.4, -0.2) is 17.0 Å². The molecule has 1 aromatic heterocycles. The largest absolute Gasteiger partial charge is 0.384 e. The highest BCUT2D eigenvalue weighted by atomic mass is 15.2. The van der Waals surface area contributed by atoms with E-state index in [-0.39, 0.29) is 0 Å². The summed E-state index contributed by atoms with van der Waals surface area (Å²) in [5.74, 6) is 2.48. The third kappa shape index (κ3) is 2.67. The van der Waals surface area contributed by atoms with Crippen LogP contribution in [0.25, 0.3) is 0 Å². The summed E-state index contributed by atoms with van der Waals surface area (Å²) < 4.78 is 0. The van der Waals surface area contributed by atoms with Gasteiger partial charge in [-0.15, -0.1) is 0 Å². The summed E-state index contributed by atoms with van der Waals surface area (Å²) in [6.07, 6.45) is 8.60. The number of rotatable bonds is 2. The molecule has 6 heteroatoms. The van der Waals surface area contributed by atoms with Crippen LogP contribution in [0, 0.1) is 23.3 Å². The van der Waals surface area contributed by atoms with Gasteiger partial charge in [0.2, 0.25) is 5.96 Å². The molecular weight excluding hydrogens is 252 g/mol. The van der Waals surface area contributed by atoms with Crippen LogP contribution >= 0.6 is 0 Å². The lowest BCUT2D eigenvalue weighted by atomic mass is 9.96. The maximum absolute atomic E-state index is 8.85. The van der Waals surface area contributed by atoms with Crippen molar-refractivity contribution in [1.29, 1.82) is 5.26 Å². The fraction of sp³-hybridized carbons (Fsp3) is 0.500. The third-order valence-corrected chi connectivity index (χ3v) is 4.22. The van der Waals surface area contributed by atoms with Crippen LogP contribution in [0.5, 0.6) is 0 Å². The standard InChI is InChI=1S/C14H18N6/c15-8-18-14(19-11-3-4-13(16)17-7-11)20-12-6-9-1-2-10(12)5-9/h3-4,7,9-10,12H,1-2,5-6H2,(H2,16,17)(H2,18,19,20)/t9-,10+,12+/m1/s1. The van der Waals surface area contributed by atoms with E-state index < -0.39 is 0 Å². The number of hydrogen-bond acceptors (Lipinski definition) is 4. The molecule has 0 spiro atoms. The van der Waals surface area contributed by atoms with E-state index in [1.54, 1.807) is 12.3 Å². The lowest BCUT2D eigenvalue weighted by Crippen LogP contribution is -2.30. The second kappa shape index (κ2) is 5.37. The van der Waals surface area contributed by atoms with Crippen LogP contribution in [0.1, 0.15) is 25.7 Å². The molecule has 0 saturated heterocycles. The number of aromatic nitrogens is 1. The molecule has 3 rings (SSSR count). The number of nitrogens with one attached hydrogen (secondary N) is 2. The second-order valence-electron chi connectivity index (χ2n) is 5.55. The van der Waals surface area contributed by atoms with Crippen molar-refractivity contribution in [3.8, 4) is 6.19 Å². The van der Waals surface area contributed by atoms with Crippen LogP contribution in [0.15, 0.2) is 23.3 Å². The summed E-state index contributed by atoms with van der Waals surface area (Å²) in [7, 11) is 0. The summed E-state index contributed by atoms with van der Waals surface area (Å²) in [5, 5.41) is 14.6. The zero-order valence-electron chi connectivity index (χ0n) is 11.2. The molecule has 4 N–H and O–H groups in total. The maximum Gasteiger partial charge on any atom is 0.209 e. The van der Waals surface area contributed by atoms with Gasteiger partial charge < -0.3 is 11.1 Å². The second-order valence-corrected chi connectivity index (χ2v) is 5.55. The lowest BCUT2D eigenvalue weighted by molar-refractivity contribution is 0.420. The highest BCUT2D eigenvalue weighted by molar-refractivity contribution is 5.94. The number of hydrogen-bond donors (Lipinski definition) is 3. The Labute approximate surface area is 118 Å². The summed E-state index contributed by atoms with van der Waals surface area (Å²) in [6, 6.07) is 3.86. The Bertz CT molecular complexity index is 544. The SMILES string of the molecule is N#CNC(=N[C@H]1C[C@@H]2CC[C@H]1C2)Nc1ccc(N)nc1. The minimum atomic E-state index is 0.332. The van der Waals surface area contributed by atoms with E-state index in [0.29, 0.717) is 23.7 Å². The number of nitrogen functional groups attached to an aromatic ring is 1. The van der Waals surface area contributed by atoms with Gasteiger partial charge in [-0.2, -0.15) is 5.26 Å². The van der Waals surface area contributed by atoms with Crippen LogP contribution in [0.4, 0.5) is 11.5 Å². The molecule has 1 aromatic rings. The molecule has 0 aromatic carbocycles. The van der Waals surface area contributed by atoms with Gasteiger partial charge in [0, 0.05) is 0 Å². The van der Waals surface area contributed by atoms with Crippen molar-refractivity contribution in [2.75, 3.05) is 11.1 Å². The van der Waals surface area contributed by atoms with E-state index in [9.17, 15) is 0 Å². The Morgan fingerprint density at radius 2 is 2.30 bits per heavy atom. The van der Waals surface area contributed by atoms with Crippen LogP contribution in [-0.2, 0) is 0 Å². The van der Waals surface area contributed by atoms with E-state index in [1.165, 1.54) is 19.3 Å². The predicted octanol–water partition coefficient (Wildman–Crippen LogP) is 1.69. The smallest absolute Gasteiger partial charge is 0.209 e. The minimum Gasteiger partial charge on any atom is -0.384 e. The monoisotopic (exact) mass is 270 g/mol. The highest BCUT2D eigenvalue weighted by Crippen LogP contribution is 2.45. The molecule has 0 aliphatic heterocycles. The first-order valence-electron chi connectivity index (χ1n) is 6.96. The number of nitriles is 1. The first-order valence-corrected chi connectivity index (χ1v) is 6.96. The maximum atomic E-state index is 8.85. The summed E-state index contributed by atoms with van der Waals surface area (Å²) in [4.78, 5) is 8.69. The molecule has 0 amide bonds. The molecule has 1 heterocycles. The molecule has 0 unspecified atom stereocenters. The zero-order valence-corrected chi connectivity index (χ0v) is 11.2. The van der Waals surface area contributed by atoms with Crippen molar-refractivity contribution >= 4 is 17.5 Å². The molecule has 6 nitrogen and oxygen atoms in total. The van der Waals surface area contributed by atoms with Gasteiger partial charge in [-0.05, 0) is 43.2 Å². The fourth-order valence-electron chi connectivity index (χ4n) is 3.30. The molecule has 0 radical (unpaired) electrons. The number of nitrogens with zero attached hydrogens (tertiary/aromatic N) is 3. The topological polar surface area (TPSA) is 99.1 Å². The Morgan fingerprint density at radius 1 is 1.40 bits per heavy atom. The van der Waals surface area contributed by atoms with Crippen molar-refractivity contribution in [2.45, 2.75) is 31.7 Å². The summed E-state index contributed by atoms with van der Waals surface area (Å²) in [5.41, 5.74) is 6.32. The van der Waals surface area contributed by atoms with Gasteiger partial charge in [-0.3, -0.25) is 5.32 Å². The Morgan fingerprint density at radius 3 is 2.90 bits per heavy atom. The number of fused-ring (bicyclic) bond motifs is 2. The first kappa shape index (κ1) is 12.7. The normalized spacial score (nSPS) is 28.1. The quantitative estimate of drug-likeness (QED) is 0.329. The number of anilines is 2. The predicted molar refractivity (Wildman–Crippen MR) is 77.7 cm³/mol. The Balaban J connectivity index is 1.72. The van der Waals surface area contributed by atoms with E-state index in [0.717, 1.165) is 18.0 Å². The molecule has 20 heavy (non-hydrogen) atoms. The number of pyridine rings is 1. The summed E-state index contributed by atoms with van der Waals surface area (Å²) in [6.45, 7) is 0. The molecule has 104 valence electrons. The van der Waals surface area contributed by atoms with Gasteiger partial charge in [-0.25, -0.2) is 9.98 Å². The van der Waals surface area contributed by atoms with Gasteiger partial charge >= 0.3 is 0 Å². The molecule has 2 aliphatic carbocycles. The van der Waals surface area contributed by atoms with Crippen molar-refractivity contribution in [3.05, 3.63) is 18.3 Å². The van der Waals surface area contributed by atoms with Crippen LogP contribution in [0.2, 0.25) is 0 Å². The Kier molecular flexibility index (Phi) is 3.42. The summed E-state index contributed by atoms with van der Waals surface area (Å²) >= 11 is 0. The van der Waals surface area contributed by atoms with Gasteiger partial charge in [-0.1, -0.05) is 6.42 Å². The number of guanidine groups is 1. The molecule has 2 aliphatic rings. The highest BCUT2D eigenvalue weighted by Gasteiger charge is 2.39. The third-order valence-electron chi connectivity index (χ3n) is 4.22.